The minimum absolute atomic E-state index is 0. The number of benzene rings is 6. The number of rotatable bonds is 15. The summed E-state index contributed by atoms with van der Waals surface area (Å²) in [5, 5.41) is 13.5. The molecule has 438 valence electrons. The predicted octanol–water partition coefficient (Wildman–Crippen LogP) is 15.1. The Kier molecular flexibility index (Phi) is 20.1. The Bertz CT molecular complexity index is 4220. The lowest BCUT2D eigenvalue weighted by atomic mass is 9.83. The number of aromatic amines is 3. The van der Waals surface area contributed by atoms with Crippen molar-refractivity contribution >= 4 is 63.3 Å². The number of nitrogens with one attached hydrogen (secondary N) is 4. The van der Waals surface area contributed by atoms with Crippen LogP contribution in [0, 0.1) is 0 Å². The van der Waals surface area contributed by atoms with Crippen LogP contribution >= 0.6 is 11.6 Å². The zero-order chi connectivity index (χ0) is 57.7. The van der Waals surface area contributed by atoms with Crippen LogP contribution in [-0.2, 0) is 19.8 Å². The average molecular weight is 1170 g/mol. The fraction of sp³-hybridized carbons (Fsp3) is 0.171. The van der Waals surface area contributed by atoms with Crippen molar-refractivity contribution in [2.24, 2.45) is 0 Å². The summed E-state index contributed by atoms with van der Waals surface area (Å²) in [5.74, 6) is 4.85. The minimum atomic E-state index is -0.424. The Balaban J connectivity index is 0.000000144. The monoisotopic (exact) mass is 1170 g/mol. The molecule has 0 saturated heterocycles. The van der Waals surface area contributed by atoms with E-state index in [-0.39, 0.29) is 14.9 Å². The molecule has 0 fully saturated rings. The van der Waals surface area contributed by atoms with Crippen molar-refractivity contribution < 1.29 is 19.2 Å². The number of nitrogens with zero attached hydrogens (tertiary/aromatic N) is 7. The lowest BCUT2D eigenvalue weighted by Crippen LogP contribution is -2.39. The van der Waals surface area contributed by atoms with Crippen molar-refractivity contribution in [1.82, 2.24) is 55.0 Å². The maximum atomic E-state index is 9.74. The summed E-state index contributed by atoms with van der Waals surface area (Å²) in [4.78, 5) is 39.7. The van der Waals surface area contributed by atoms with Crippen molar-refractivity contribution in [1.29, 1.82) is 0 Å². The van der Waals surface area contributed by atoms with Gasteiger partial charge in [0.25, 0.3) is 0 Å². The van der Waals surface area contributed by atoms with Crippen LogP contribution in [0.25, 0.3) is 78.8 Å². The molecule has 0 spiro atoms. The molecule has 0 unspecified atom stereocenters. The predicted molar refractivity (Wildman–Crippen MR) is 352 cm³/mol. The third kappa shape index (κ3) is 15.6. The molecule has 0 bridgehead atoms. The number of hydrogen-bond acceptors (Lipinski definition) is 12. The van der Waals surface area contributed by atoms with E-state index in [9.17, 15) is 5.02 Å². The van der Waals surface area contributed by atoms with Crippen LogP contribution in [0.1, 0.15) is 55.8 Å². The quantitative estimate of drug-likeness (QED) is 0.0483. The second-order valence-electron chi connectivity index (χ2n) is 20.6. The van der Waals surface area contributed by atoms with Crippen molar-refractivity contribution in [2.45, 2.75) is 54.3 Å². The van der Waals surface area contributed by atoms with Crippen LogP contribution in [-0.4, -0.2) is 87.9 Å². The standard InChI is InChI=1S/C25H25BN4O2.C24H22N4O.C19H14ClN3O.2CH4/c1-26(31)30-15-13-19(14-16-30)22-11-12-23-25(27-22)29-24(28-23)20-7-9-21(10-8-20)32-17-18-5-3-2-4-6-18;1-2-4-17(5-3-1)16-29-20-8-6-19(7-9-20)23-27-22-11-10-21(26-24(22)28-23)18-12-14-25-15-13-18;20-17-11-10-16-19(22-17)23-18(21-16)14-6-8-15(9-7-14)24-12-13-4-2-1-3-5-13;;/h2-13,31H,14-17H2,1H3,(H,27,28,29);1-12,25H,13-16H2,(H,26,27,28);1-11H,12H2,(H,21,22,23);2*1H4. The number of halogens is 1. The Morgan fingerprint density at radius 2 is 0.851 bits per heavy atom. The van der Waals surface area contributed by atoms with Gasteiger partial charge >= 0.3 is 7.05 Å². The first-order chi connectivity index (χ1) is 41.8. The zero-order valence-corrected chi connectivity index (χ0v) is 47.6. The van der Waals surface area contributed by atoms with E-state index < -0.39 is 7.05 Å². The number of aromatic nitrogens is 9. The normalized spacial score (nSPS) is 13.0. The highest BCUT2D eigenvalue weighted by molar-refractivity contribution is 6.45. The molecule has 0 saturated carbocycles. The van der Waals surface area contributed by atoms with Gasteiger partial charge in [0, 0.05) is 29.8 Å². The zero-order valence-electron chi connectivity index (χ0n) is 46.8. The van der Waals surface area contributed by atoms with E-state index in [1.807, 2.05) is 163 Å². The second-order valence-corrected chi connectivity index (χ2v) is 21.0. The van der Waals surface area contributed by atoms with Crippen molar-refractivity contribution in [3.63, 3.8) is 0 Å². The van der Waals surface area contributed by atoms with E-state index in [1.165, 1.54) is 11.1 Å². The fourth-order valence-electron chi connectivity index (χ4n) is 9.88. The van der Waals surface area contributed by atoms with Gasteiger partial charge in [0.1, 0.15) is 59.7 Å². The number of imidazole rings is 3. The van der Waals surface area contributed by atoms with Gasteiger partial charge in [-0.25, -0.2) is 29.9 Å². The number of ether oxygens (including phenoxy) is 3. The SMILES string of the molecule is C.C.C1=C(c2ccc3[nH]c(-c4ccc(OCc5ccccc5)cc4)nc3n2)CCNC1.CB(O)N1CC=C(c2ccc3[nH]c(-c4ccc(OCc5ccccc5)cc4)nc3n2)CC1.Clc1ccc2[nH]c(-c3ccc(OCc4ccccc4)cc3)nc2n1. The molecule has 14 rings (SSSR count). The van der Waals surface area contributed by atoms with Gasteiger partial charge in [0.15, 0.2) is 16.9 Å². The molecule has 2 aliphatic heterocycles. The molecule has 6 aromatic heterocycles. The van der Waals surface area contributed by atoms with Crippen LogP contribution in [0.5, 0.6) is 17.2 Å². The highest BCUT2D eigenvalue weighted by Gasteiger charge is 2.21. The molecule has 6 aromatic carbocycles. The van der Waals surface area contributed by atoms with Crippen LogP contribution in [0.4, 0.5) is 0 Å². The Morgan fingerprint density at radius 3 is 1.22 bits per heavy atom. The molecule has 12 aromatic rings. The van der Waals surface area contributed by atoms with E-state index in [2.05, 4.69) is 78.8 Å². The van der Waals surface area contributed by atoms with Gasteiger partial charge in [-0.05, 0) is 170 Å². The van der Waals surface area contributed by atoms with Crippen LogP contribution in [0.2, 0.25) is 12.0 Å². The Hall–Kier alpha value is -9.71. The van der Waals surface area contributed by atoms with E-state index >= 15 is 0 Å². The molecule has 0 amide bonds. The van der Waals surface area contributed by atoms with E-state index in [4.69, 9.17) is 45.7 Å². The minimum Gasteiger partial charge on any atom is -0.489 e. The van der Waals surface area contributed by atoms with Gasteiger partial charge in [0.05, 0.1) is 27.9 Å². The molecule has 87 heavy (non-hydrogen) atoms. The van der Waals surface area contributed by atoms with E-state index in [0.717, 1.165) is 141 Å². The second kappa shape index (κ2) is 28.9. The molecule has 8 heterocycles. The van der Waals surface area contributed by atoms with Gasteiger partial charge in [-0.15, -0.1) is 0 Å². The summed E-state index contributed by atoms with van der Waals surface area (Å²) in [6.45, 7) is 6.91. The highest BCUT2D eigenvalue weighted by Crippen LogP contribution is 2.29. The van der Waals surface area contributed by atoms with Gasteiger partial charge in [0.2, 0.25) is 0 Å². The number of pyridine rings is 3. The Labute approximate surface area is 512 Å². The maximum Gasteiger partial charge on any atom is 0.376 e. The summed E-state index contributed by atoms with van der Waals surface area (Å²) < 4.78 is 17.5. The molecule has 0 radical (unpaired) electrons. The average Bonchev–Trinajstić information content (AvgIpc) is 2.99. The van der Waals surface area contributed by atoms with Gasteiger partial charge < -0.3 is 44.3 Å². The fourth-order valence-corrected chi connectivity index (χ4v) is 10.0. The molecular formula is C70H69BClN11O4. The largest absolute Gasteiger partial charge is 0.489 e. The molecule has 0 aliphatic carbocycles. The van der Waals surface area contributed by atoms with Crippen LogP contribution in [0.3, 0.4) is 0 Å². The first kappa shape index (κ1) is 60.4. The smallest absolute Gasteiger partial charge is 0.376 e. The summed E-state index contributed by atoms with van der Waals surface area (Å²) in [5.41, 5.74) is 15.6. The summed E-state index contributed by atoms with van der Waals surface area (Å²) >= 11 is 5.90. The number of hydrogen-bond donors (Lipinski definition) is 5. The molecule has 17 heteroatoms. The third-order valence-corrected chi connectivity index (χ3v) is 14.8. The van der Waals surface area contributed by atoms with Crippen LogP contribution in [0.15, 0.2) is 212 Å². The summed E-state index contributed by atoms with van der Waals surface area (Å²) in [6, 6.07) is 66.0. The molecular weight excluding hydrogens is 1110 g/mol. The highest BCUT2D eigenvalue weighted by atomic mass is 35.5. The summed E-state index contributed by atoms with van der Waals surface area (Å²) in [6.07, 6.45) is 6.22. The van der Waals surface area contributed by atoms with Gasteiger partial charge in [-0.2, -0.15) is 0 Å². The first-order valence-corrected chi connectivity index (χ1v) is 28.8. The lowest BCUT2D eigenvalue weighted by molar-refractivity contribution is 0.306. The van der Waals surface area contributed by atoms with E-state index in [0.29, 0.717) is 36.3 Å². The number of fused-ring (bicyclic) bond motifs is 3. The Morgan fingerprint density at radius 1 is 0.460 bits per heavy atom. The molecule has 0 atom stereocenters. The third-order valence-electron chi connectivity index (χ3n) is 14.6. The summed E-state index contributed by atoms with van der Waals surface area (Å²) in [7, 11) is -0.424. The molecule has 5 N–H and O–H groups in total. The van der Waals surface area contributed by atoms with Crippen molar-refractivity contribution in [3.8, 4) is 51.4 Å². The molecule has 2 aliphatic rings. The van der Waals surface area contributed by atoms with Crippen LogP contribution < -0.4 is 19.5 Å². The topological polar surface area (TPSA) is 188 Å². The van der Waals surface area contributed by atoms with E-state index in [1.54, 1.807) is 12.9 Å². The maximum absolute atomic E-state index is 9.74. The van der Waals surface area contributed by atoms with Gasteiger partial charge in [-0.3, -0.25) is 0 Å². The van der Waals surface area contributed by atoms with Crippen molar-refractivity contribution in [3.05, 3.63) is 246 Å². The number of H-pyrrole nitrogens is 3. The first-order valence-electron chi connectivity index (χ1n) is 28.4. The van der Waals surface area contributed by atoms with Crippen molar-refractivity contribution in [2.75, 3.05) is 26.2 Å². The lowest BCUT2D eigenvalue weighted by Gasteiger charge is -2.26. The van der Waals surface area contributed by atoms with Gasteiger partial charge in [-0.1, -0.05) is 130 Å². The molecule has 15 nitrogen and oxygen atoms in total.